The second-order valence-corrected chi connectivity index (χ2v) is 11.6. The molecule has 2 N–H and O–H groups in total. The van der Waals surface area contributed by atoms with E-state index in [-0.39, 0.29) is 12.0 Å². The minimum absolute atomic E-state index is 0.121. The number of aliphatic hydroxyl groups is 1. The Hall–Kier alpha value is -3.93. The molecule has 1 aliphatic rings. The van der Waals surface area contributed by atoms with Crippen LogP contribution in [-0.4, -0.2) is 54.8 Å². The van der Waals surface area contributed by atoms with Gasteiger partial charge in [0.25, 0.3) is 0 Å². The molecule has 42 heavy (non-hydrogen) atoms. The Bertz CT molecular complexity index is 1580. The molecular weight excluding hydrogens is 518 g/mol. The number of anilines is 1. The number of nitrogens with one attached hydrogen (secondary N) is 1. The number of fused-ring (bicyclic) bond motifs is 2. The number of benzene rings is 4. The molecule has 4 aromatic carbocycles. The van der Waals surface area contributed by atoms with E-state index in [1.165, 1.54) is 33.8 Å². The van der Waals surface area contributed by atoms with Crippen molar-refractivity contribution < 1.29 is 14.4 Å². The Kier molecular flexibility index (Phi) is 9.10. The summed E-state index contributed by atoms with van der Waals surface area (Å²) in [6.45, 7) is 12.4. The minimum atomic E-state index is -0.605. The quantitative estimate of drug-likeness (QED) is 0.184. The van der Waals surface area contributed by atoms with Crippen molar-refractivity contribution in [1.29, 1.82) is 0 Å². The zero-order valence-corrected chi connectivity index (χ0v) is 25.6. The third kappa shape index (κ3) is 6.28. The van der Waals surface area contributed by atoms with Gasteiger partial charge in [0.2, 0.25) is 5.69 Å². The van der Waals surface area contributed by atoms with Crippen LogP contribution in [0.1, 0.15) is 44.4 Å². The van der Waals surface area contributed by atoms with E-state index in [0.29, 0.717) is 13.1 Å². The SMILES string of the molecule is CCN(CC)c1ccc(C=CC2=[N+](C)c3ccc(CNCC(O)COc4cccc5ccccc45)cc3C2(C)C)cc1. The number of hydrogen-bond donors (Lipinski definition) is 2. The van der Waals surface area contributed by atoms with Gasteiger partial charge in [-0.1, -0.05) is 54.6 Å². The van der Waals surface area contributed by atoms with Gasteiger partial charge in [0.15, 0.2) is 5.71 Å². The first kappa shape index (κ1) is 29.6. The monoisotopic (exact) mass is 562 g/mol. The van der Waals surface area contributed by atoms with Crippen molar-refractivity contribution in [3.63, 3.8) is 0 Å². The fraction of sp³-hybridized carbons (Fsp3) is 0.324. The Morgan fingerprint density at radius 1 is 0.929 bits per heavy atom. The second-order valence-electron chi connectivity index (χ2n) is 11.6. The standard InChI is InChI=1S/C37H44N3O2/c1-6-40(7-2)30-19-15-27(16-20-30)18-22-36-37(3,4)33-23-28(17-21-34(33)39(36)5)24-38-25-31(41)26-42-35-14-10-12-29-11-8-9-13-32(29)35/h8-23,31,38,41H,6-7,24-26H2,1-5H3/q+1. The van der Waals surface area contributed by atoms with Crippen LogP contribution in [0.5, 0.6) is 5.75 Å². The summed E-state index contributed by atoms with van der Waals surface area (Å²) in [6.07, 6.45) is 3.87. The molecule has 0 saturated heterocycles. The second kappa shape index (κ2) is 12.9. The van der Waals surface area contributed by atoms with Gasteiger partial charge in [0.05, 0.1) is 5.41 Å². The van der Waals surface area contributed by atoms with E-state index < -0.39 is 6.10 Å². The van der Waals surface area contributed by atoms with Gasteiger partial charge in [-0.25, -0.2) is 0 Å². The van der Waals surface area contributed by atoms with Crippen LogP contribution >= 0.6 is 0 Å². The van der Waals surface area contributed by atoms with E-state index in [2.05, 4.69) is 116 Å². The molecular formula is C37H44N3O2+. The van der Waals surface area contributed by atoms with Gasteiger partial charge in [-0.2, -0.15) is 4.58 Å². The molecule has 1 unspecified atom stereocenters. The fourth-order valence-corrected chi connectivity index (χ4v) is 6.00. The molecule has 0 aromatic heterocycles. The first-order valence-corrected chi connectivity index (χ1v) is 15.1. The highest BCUT2D eigenvalue weighted by Crippen LogP contribution is 2.40. The van der Waals surface area contributed by atoms with E-state index in [1.54, 1.807) is 0 Å². The lowest BCUT2D eigenvalue weighted by atomic mass is 9.80. The molecule has 0 spiro atoms. The molecule has 0 radical (unpaired) electrons. The lowest BCUT2D eigenvalue weighted by molar-refractivity contribution is -0.401. The molecule has 218 valence electrons. The third-order valence-electron chi connectivity index (χ3n) is 8.44. The predicted molar refractivity (Wildman–Crippen MR) is 177 cm³/mol. The van der Waals surface area contributed by atoms with E-state index >= 15 is 0 Å². The molecule has 1 aliphatic heterocycles. The molecule has 1 heterocycles. The van der Waals surface area contributed by atoms with Crippen molar-refractivity contribution in [3.05, 3.63) is 108 Å². The molecule has 5 heteroatoms. The molecule has 1 atom stereocenters. The molecule has 4 aromatic rings. The minimum Gasteiger partial charge on any atom is -0.490 e. The first-order chi connectivity index (χ1) is 20.3. The van der Waals surface area contributed by atoms with Gasteiger partial charge < -0.3 is 20.1 Å². The van der Waals surface area contributed by atoms with E-state index in [1.807, 2.05) is 30.3 Å². The maximum absolute atomic E-state index is 10.6. The number of hydrogen-bond acceptors (Lipinski definition) is 4. The zero-order valence-electron chi connectivity index (χ0n) is 25.6. The maximum atomic E-state index is 10.6. The average molecular weight is 563 g/mol. The fourth-order valence-electron chi connectivity index (χ4n) is 6.00. The van der Waals surface area contributed by atoms with Crippen LogP contribution in [0.3, 0.4) is 0 Å². The van der Waals surface area contributed by atoms with E-state index in [4.69, 9.17) is 4.74 Å². The van der Waals surface area contributed by atoms with Crippen molar-refractivity contribution in [2.45, 2.75) is 45.8 Å². The normalized spacial score (nSPS) is 14.9. The lowest BCUT2D eigenvalue weighted by Crippen LogP contribution is -2.31. The highest BCUT2D eigenvalue weighted by atomic mass is 16.5. The Morgan fingerprint density at radius 2 is 1.67 bits per heavy atom. The summed E-state index contributed by atoms with van der Waals surface area (Å²) in [4.78, 5) is 2.36. The summed E-state index contributed by atoms with van der Waals surface area (Å²) in [5, 5.41) is 16.2. The number of rotatable bonds is 12. The van der Waals surface area contributed by atoms with Gasteiger partial charge >= 0.3 is 0 Å². The van der Waals surface area contributed by atoms with Crippen LogP contribution in [0.4, 0.5) is 11.4 Å². The summed E-state index contributed by atoms with van der Waals surface area (Å²) in [5.41, 5.74) is 7.38. The van der Waals surface area contributed by atoms with E-state index in [9.17, 15) is 5.11 Å². The summed E-state index contributed by atoms with van der Waals surface area (Å²) in [5.74, 6) is 0.801. The topological polar surface area (TPSA) is 47.7 Å². The van der Waals surface area contributed by atoms with Gasteiger partial charge in [0.1, 0.15) is 25.5 Å². The van der Waals surface area contributed by atoms with Gasteiger partial charge in [0, 0.05) is 55.0 Å². The molecule has 5 rings (SSSR count). The summed E-state index contributed by atoms with van der Waals surface area (Å²) < 4.78 is 8.28. The molecule has 0 saturated carbocycles. The Balaban J connectivity index is 1.18. The van der Waals surface area contributed by atoms with Crippen molar-refractivity contribution in [2.75, 3.05) is 38.2 Å². The van der Waals surface area contributed by atoms with Crippen LogP contribution in [0.15, 0.2) is 91.0 Å². The van der Waals surface area contributed by atoms with Crippen LogP contribution in [0.25, 0.3) is 16.8 Å². The molecule has 0 bridgehead atoms. The van der Waals surface area contributed by atoms with Crippen LogP contribution in [-0.2, 0) is 12.0 Å². The summed E-state index contributed by atoms with van der Waals surface area (Å²) in [6, 6.07) is 29.7. The molecule has 0 amide bonds. The smallest absolute Gasteiger partial charge is 0.209 e. The Morgan fingerprint density at radius 3 is 2.43 bits per heavy atom. The van der Waals surface area contributed by atoms with Crippen molar-refractivity contribution in [2.24, 2.45) is 0 Å². The number of nitrogens with zero attached hydrogens (tertiary/aromatic N) is 2. The Labute approximate surface area is 250 Å². The zero-order chi connectivity index (χ0) is 29.7. The van der Waals surface area contributed by atoms with Gasteiger partial charge in [-0.05, 0) is 74.5 Å². The van der Waals surface area contributed by atoms with Crippen molar-refractivity contribution >= 4 is 33.9 Å². The van der Waals surface area contributed by atoms with Crippen molar-refractivity contribution in [3.8, 4) is 5.75 Å². The molecule has 0 fully saturated rings. The number of aliphatic hydroxyl groups excluding tert-OH is 1. The van der Waals surface area contributed by atoms with E-state index in [0.717, 1.165) is 29.6 Å². The highest BCUT2D eigenvalue weighted by molar-refractivity contribution is 6.05. The molecule has 5 nitrogen and oxygen atoms in total. The summed E-state index contributed by atoms with van der Waals surface area (Å²) in [7, 11) is 2.15. The van der Waals surface area contributed by atoms with Crippen LogP contribution < -0.4 is 15.0 Å². The summed E-state index contributed by atoms with van der Waals surface area (Å²) >= 11 is 0. The van der Waals surface area contributed by atoms with Crippen LogP contribution in [0, 0.1) is 0 Å². The third-order valence-corrected chi connectivity index (χ3v) is 8.44. The highest BCUT2D eigenvalue weighted by Gasteiger charge is 2.42. The lowest BCUT2D eigenvalue weighted by Gasteiger charge is -2.20. The first-order valence-electron chi connectivity index (χ1n) is 15.1. The van der Waals surface area contributed by atoms with Crippen LogP contribution in [0.2, 0.25) is 0 Å². The predicted octanol–water partition coefficient (Wildman–Crippen LogP) is 6.93. The van der Waals surface area contributed by atoms with Crippen molar-refractivity contribution in [1.82, 2.24) is 5.32 Å². The average Bonchev–Trinajstić information content (AvgIpc) is 3.19. The number of allylic oxidation sites excluding steroid dienone is 1. The van der Waals surface area contributed by atoms with Gasteiger partial charge in [-0.3, -0.25) is 0 Å². The number of ether oxygens (including phenoxy) is 1. The largest absolute Gasteiger partial charge is 0.490 e. The van der Waals surface area contributed by atoms with Gasteiger partial charge in [-0.15, -0.1) is 0 Å². The maximum Gasteiger partial charge on any atom is 0.209 e. The molecule has 0 aliphatic carbocycles.